The number of carbonyl (C=O) groups is 1. The van der Waals surface area contributed by atoms with Gasteiger partial charge in [0.15, 0.2) is 5.82 Å². The molecular weight excluding hydrogens is 440 g/mol. The Hall–Kier alpha value is -4.14. The Morgan fingerprint density at radius 3 is 2.34 bits per heavy atom. The number of hydrogen-bond donors (Lipinski definition) is 1. The number of hydrogen-bond acceptors (Lipinski definition) is 7. The highest BCUT2D eigenvalue weighted by molar-refractivity contribution is 5.78. The second kappa shape index (κ2) is 9.61. The fourth-order valence-corrected chi connectivity index (χ4v) is 4.58. The van der Waals surface area contributed by atoms with Gasteiger partial charge in [-0.2, -0.15) is 5.10 Å². The number of amides is 1. The van der Waals surface area contributed by atoms with Crippen molar-refractivity contribution in [3.63, 3.8) is 0 Å². The molecule has 0 radical (unpaired) electrons. The molecule has 0 atom stereocenters. The molecule has 0 bridgehead atoms. The maximum absolute atomic E-state index is 12.2. The van der Waals surface area contributed by atoms with E-state index in [1.807, 2.05) is 67.7 Å². The molecule has 1 fully saturated rings. The molecule has 2 N–H and O–H groups in total. The number of carbonyl (C=O) groups excluding carboxylic acids is 1. The summed E-state index contributed by atoms with van der Waals surface area (Å²) in [6.07, 6.45) is 11.3. The maximum Gasteiger partial charge on any atom is 0.225 e. The van der Waals surface area contributed by atoms with Gasteiger partial charge in [-0.05, 0) is 43.9 Å². The lowest BCUT2D eigenvalue weighted by Crippen LogP contribution is -2.32. The van der Waals surface area contributed by atoms with Crippen LogP contribution >= 0.6 is 0 Å². The minimum atomic E-state index is 0.128. The van der Waals surface area contributed by atoms with Gasteiger partial charge >= 0.3 is 0 Å². The zero-order chi connectivity index (χ0) is 24.4. The highest BCUT2D eigenvalue weighted by Gasteiger charge is 2.28. The number of nitrogens with two attached hydrogens (primary N) is 1. The van der Waals surface area contributed by atoms with Gasteiger partial charge in [0.25, 0.3) is 0 Å². The SMILES string of the molecule is CN(C)C(=O)C1CCC(n2cc(-c3cnc(-c4cccc(-c5ccc(N)nn5)c4)nc3)cn2)CC1. The van der Waals surface area contributed by atoms with Crippen LogP contribution in [0.4, 0.5) is 5.82 Å². The molecule has 1 amide bonds. The fourth-order valence-electron chi connectivity index (χ4n) is 4.58. The average Bonchev–Trinajstić information content (AvgIpc) is 3.39. The molecular formula is C26H28N8O. The summed E-state index contributed by atoms with van der Waals surface area (Å²) in [7, 11) is 3.65. The van der Waals surface area contributed by atoms with Crippen LogP contribution < -0.4 is 5.73 Å². The third-order valence-corrected chi connectivity index (χ3v) is 6.55. The summed E-state index contributed by atoms with van der Waals surface area (Å²) in [6, 6.07) is 11.8. The van der Waals surface area contributed by atoms with Crippen molar-refractivity contribution in [2.24, 2.45) is 5.92 Å². The summed E-state index contributed by atoms with van der Waals surface area (Å²) in [6.45, 7) is 0. The van der Waals surface area contributed by atoms with Gasteiger partial charge in [-0.1, -0.05) is 18.2 Å². The van der Waals surface area contributed by atoms with Crippen molar-refractivity contribution >= 4 is 11.7 Å². The van der Waals surface area contributed by atoms with E-state index in [-0.39, 0.29) is 11.8 Å². The molecule has 5 rings (SSSR count). The van der Waals surface area contributed by atoms with Crippen molar-refractivity contribution in [1.29, 1.82) is 0 Å². The summed E-state index contributed by atoms with van der Waals surface area (Å²) in [5, 5.41) is 12.7. The molecule has 9 heteroatoms. The summed E-state index contributed by atoms with van der Waals surface area (Å²) in [4.78, 5) is 23.1. The van der Waals surface area contributed by atoms with Crippen LogP contribution in [0, 0.1) is 5.92 Å². The second-order valence-electron chi connectivity index (χ2n) is 9.17. The van der Waals surface area contributed by atoms with Crippen LogP contribution in [0.3, 0.4) is 0 Å². The number of aromatic nitrogens is 6. The number of nitrogen functional groups attached to an aromatic ring is 1. The van der Waals surface area contributed by atoms with Gasteiger partial charge in [0.05, 0.1) is 17.9 Å². The molecule has 0 saturated heterocycles. The van der Waals surface area contributed by atoms with E-state index in [9.17, 15) is 4.79 Å². The monoisotopic (exact) mass is 468 g/mol. The van der Waals surface area contributed by atoms with Gasteiger partial charge < -0.3 is 10.6 Å². The Morgan fingerprint density at radius 2 is 1.66 bits per heavy atom. The third kappa shape index (κ3) is 4.89. The minimum absolute atomic E-state index is 0.128. The van der Waals surface area contributed by atoms with Crippen LogP contribution in [0.1, 0.15) is 31.7 Å². The quantitative estimate of drug-likeness (QED) is 0.473. The molecule has 35 heavy (non-hydrogen) atoms. The number of rotatable bonds is 5. The lowest BCUT2D eigenvalue weighted by atomic mass is 9.85. The largest absolute Gasteiger partial charge is 0.382 e. The number of benzene rings is 1. The molecule has 0 unspecified atom stereocenters. The Bertz CT molecular complexity index is 1310. The van der Waals surface area contributed by atoms with Gasteiger partial charge in [-0.15, -0.1) is 10.2 Å². The third-order valence-electron chi connectivity index (χ3n) is 6.55. The summed E-state index contributed by atoms with van der Waals surface area (Å²) in [5.41, 5.74) is 10.1. The van der Waals surface area contributed by atoms with Crippen LogP contribution in [-0.2, 0) is 4.79 Å². The van der Waals surface area contributed by atoms with E-state index in [2.05, 4.69) is 31.5 Å². The molecule has 1 aliphatic carbocycles. The molecule has 178 valence electrons. The highest BCUT2D eigenvalue weighted by atomic mass is 16.2. The van der Waals surface area contributed by atoms with Gasteiger partial charge in [0.1, 0.15) is 5.82 Å². The summed E-state index contributed by atoms with van der Waals surface area (Å²) >= 11 is 0. The first kappa shape index (κ1) is 22.6. The Labute approximate surface area is 204 Å². The van der Waals surface area contributed by atoms with Crippen LogP contribution in [0.2, 0.25) is 0 Å². The predicted octanol–water partition coefficient (Wildman–Crippen LogP) is 3.87. The van der Waals surface area contributed by atoms with Crippen LogP contribution in [0.5, 0.6) is 0 Å². The van der Waals surface area contributed by atoms with E-state index in [1.165, 1.54) is 0 Å². The predicted molar refractivity (Wildman–Crippen MR) is 134 cm³/mol. The minimum Gasteiger partial charge on any atom is -0.382 e. The van der Waals surface area contributed by atoms with E-state index in [0.717, 1.165) is 53.6 Å². The summed E-state index contributed by atoms with van der Waals surface area (Å²) < 4.78 is 2.02. The first-order valence-electron chi connectivity index (χ1n) is 11.8. The van der Waals surface area contributed by atoms with Crippen molar-refractivity contribution < 1.29 is 4.79 Å². The van der Waals surface area contributed by atoms with E-state index in [1.54, 1.807) is 11.0 Å². The first-order chi connectivity index (χ1) is 17.0. The number of anilines is 1. The van der Waals surface area contributed by atoms with Gasteiger partial charge in [-0.25, -0.2) is 9.97 Å². The normalized spacial score (nSPS) is 17.8. The molecule has 1 aromatic carbocycles. The van der Waals surface area contributed by atoms with E-state index >= 15 is 0 Å². The molecule has 4 aromatic rings. The highest BCUT2D eigenvalue weighted by Crippen LogP contribution is 2.33. The number of nitrogens with zero attached hydrogens (tertiary/aromatic N) is 7. The summed E-state index contributed by atoms with van der Waals surface area (Å²) in [5.74, 6) is 1.38. The van der Waals surface area contributed by atoms with Crippen LogP contribution in [0.15, 0.2) is 61.2 Å². The van der Waals surface area contributed by atoms with Crippen molar-refractivity contribution in [1.82, 2.24) is 34.8 Å². The molecule has 9 nitrogen and oxygen atoms in total. The molecule has 0 aliphatic heterocycles. The van der Waals surface area contributed by atoms with Crippen molar-refractivity contribution in [2.75, 3.05) is 19.8 Å². The van der Waals surface area contributed by atoms with E-state index in [4.69, 9.17) is 5.73 Å². The van der Waals surface area contributed by atoms with Gasteiger partial charge in [0, 0.05) is 60.9 Å². The Kier molecular flexibility index (Phi) is 6.22. The molecule has 0 spiro atoms. The molecule has 1 saturated carbocycles. The van der Waals surface area contributed by atoms with Crippen molar-refractivity contribution in [3.05, 3.63) is 61.2 Å². The van der Waals surface area contributed by atoms with Crippen molar-refractivity contribution in [2.45, 2.75) is 31.7 Å². The fraction of sp³-hybridized carbons (Fsp3) is 0.308. The second-order valence-corrected chi connectivity index (χ2v) is 9.17. The van der Waals surface area contributed by atoms with Gasteiger partial charge in [0.2, 0.25) is 5.91 Å². The lowest BCUT2D eigenvalue weighted by Gasteiger charge is -2.29. The van der Waals surface area contributed by atoms with Crippen LogP contribution in [-0.4, -0.2) is 54.8 Å². The Balaban J connectivity index is 1.28. The molecule has 1 aliphatic rings. The van der Waals surface area contributed by atoms with Gasteiger partial charge in [-0.3, -0.25) is 9.48 Å². The zero-order valence-corrected chi connectivity index (χ0v) is 19.9. The van der Waals surface area contributed by atoms with Crippen molar-refractivity contribution in [3.8, 4) is 33.8 Å². The average molecular weight is 469 g/mol. The topological polar surface area (TPSA) is 116 Å². The molecule has 3 heterocycles. The van der Waals surface area contributed by atoms with E-state index < -0.39 is 0 Å². The maximum atomic E-state index is 12.2. The standard InChI is InChI=1S/C26H28N8O/c1-33(2)26(35)17-6-8-22(9-7-17)34-16-21(15-30-34)20-13-28-25(29-14-20)19-5-3-4-18(12-19)23-10-11-24(27)32-31-23/h3-5,10-17,22H,6-9H2,1-2H3,(H2,27,32). The smallest absolute Gasteiger partial charge is 0.225 e. The zero-order valence-electron chi connectivity index (χ0n) is 19.9. The molecule has 3 aromatic heterocycles. The van der Waals surface area contributed by atoms with Crippen LogP contribution in [0.25, 0.3) is 33.8 Å². The Morgan fingerprint density at radius 1 is 0.914 bits per heavy atom. The first-order valence-corrected chi connectivity index (χ1v) is 11.8. The van der Waals surface area contributed by atoms with E-state index in [0.29, 0.717) is 17.7 Å². The lowest BCUT2D eigenvalue weighted by molar-refractivity contribution is -0.134.